The van der Waals surface area contributed by atoms with Crippen LogP contribution >= 0.6 is 0 Å². The van der Waals surface area contributed by atoms with E-state index in [0.717, 1.165) is 12.1 Å². The molecule has 7 nitrogen and oxygen atoms in total. The first-order chi connectivity index (χ1) is 10.7. The summed E-state index contributed by atoms with van der Waals surface area (Å²) in [6, 6.07) is 2.93. The fourth-order valence-corrected chi connectivity index (χ4v) is 2.74. The molecule has 1 atom stereocenters. The molecule has 0 heterocycles. The third-order valence-corrected chi connectivity index (χ3v) is 4.34. The number of halogens is 2. The van der Waals surface area contributed by atoms with Gasteiger partial charge in [0.1, 0.15) is 6.04 Å². The molecule has 3 N–H and O–H groups in total. The number of carboxylic acids is 1. The predicted octanol–water partition coefficient (Wildman–Crippen LogP) is 0.823. The van der Waals surface area contributed by atoms with Crippen LogP contribution in [0, 0.1) is 0 Å². The number of carboxylic acid groups (broad SMARTS) is 1. The Hall–Kier alpha value is -2.07. The lowest BCUT2D eigenvalue weighted by Crippen LogP contribution is -2.42. The molecule has 0 aliphatic heterocycles. The van der Waals surface area contributed by atoms with Gasteiger partial charge in [-0.1, -0.05) is 6.92 Å². The van der Waals surface area contributed by atoms with Gasteiger partial charge in [0.2, 0.25) is 16.4 Å². The van der Waals surface area contributed by atoms with Crippen molar-refractivity contribution < 1.29 is 31.9 Å². The van der Waals surface area contributed by atoms with Crippen LogP contribution < -0.4 is 10.0 Å². The summed E-state index contributed by atoms with van der Waals surface area (Å²) < 4.78 is 50.3. The molecular formula is C13H16F2N2O5S. The van der Waals surface area contributed by atoms with Crippen LogP contribution in [-0.4, -0.2) is 44.4 Å². The number of alkyl halides is 2. The van der Waals surface area contributed by atoms with E-state index in [1.807, 2.05) is 5.32 Å². The summed E-state index contributed by atoms with van der Waals surface area (Å²) in [6.07, 6.45) is -3.91. The van der Waals surface area contributed by atoms with E-state index in [1.54, 1.807) is 6.92 Å². The van der Waals surface area contributed by atoms with E-state index >= 15 is 0 Å². The summed E-state index contributed by atoms with van der Waals surface area (Å²) in [4.78, 5) is 22.6. The Morgan fingerprint density at radius 3 is 2.22 bits per heavy atom. The number of carbonyl (C=O) groups is 2. The number of carbonyl (C=O) groups excluding carboxylic acids is 1. The lowest BCUT2D eigenvalue weighted by molar-refractivity contribution is -0.140. The van der Waals surface area contributed by atoms with Crippen molar-refractivity contribution >= 4 is 21.9 Å². The molecule has 0 spiro atoms. The molecule has 1 aromatic rings. The van der Waals surface area contributed by atoms with Gasteiger partial charge in [0, 0.05) is 18.5 Å². The van der Waals surface area contributed by atoms with Crippen LogP contribution in [0.15, 0.2) is 29.2 Å². The van der Waals surface area contributed by atoms with E-state index in [1.165, 1.54) is 12.1 Å². The zero-order chi connectivity index (χ0) is 17.6. The van der Waals surface area contributed by atoms with E-state index in [9.17, 15) is 26.8 Å². The highest BCUT2D eigenvalue weighted by atomic mass is 32.2. The topological polar surface area (TPSA) is 113 Å². The molecule has 1 unspecified atom stereocenters. The summed E-state index contributed by atoms with van der Waals surface area (Å²) in [5.74, 6) is -2.46. The number of rotatable bonds is 8. The molecule has 1 rings (SSSR count). The first kappa shape index (κ1) is 19.0. The standard InChI is InChI=1S/C13H16F2N2O5S/c1-2-16-23(21,22)9-5-3-8(4-6-9)12(18)17-10(13(19)20)7-11(14)15/h3-6,10-11,16H,2,7H2,1H3,(H,17,18)(H,19,20). The Balaban J connectivity index is 2.87. The lowest BCUT2D eigenvalue weighted by Gasteiger charge is -2.14. The number of nitrogens with one attached hydrogen (secondary N) is 2. The fraction of sp³-hybridized carbons (Fsp3) is 0.385. The Kier molecular flexibility index (Phi) is 6.58. The number of hydrogen-bond acceptors (Lipinski definition) is 4. The highest BCUT2D eigenvalue weighted by molar-refractivity contribution is 7.89. The van der Waals surface area contributed by atoms with Crippen LogP contribution in [0.4, 0.5) is 8.78 Å². The molecule has 0 aliphatic carbocycles. The monoisotopic (exact) mass is 350 g/mol. The summed E-state index contributed by atoms with van der Waals surface area (Å²) in [6.45, 7) is 1.80. The summed E-state index contributed by atoms with van der Waals surface area (Å²) in [7, 11) is -3.68. The molecule has 23 heavy (non-hydrogen) atoms. The SMILES string of the molecule is CCNS(=O)(=O)c1ccc(C(=O)NC(CC(F)F)C(=O)O)cc1. The van der Waals surface area contributed by atoms with Crippen LogP contribution in [-0.2, 0) is 14.8 Å². The third kappa shape index (κ3) is 5.57. The second-order valence-electron chi connectivity index (χ2n) is 4.52. The summed E-state index contributed by atoms with van der Waals surface area (Å²) >= 11 is 0. The van der Waals surface area contributed by atoms with Crippen LogP contribution in [0.1, 0.15) is 23.7 Å². The molecule has 128 valence electrons. The average molecular weight is 350 g/mol. The summed E-state index contributed by atoms with van der Waals surface area (Å²) in [5.41, 5.74) is -0.0408. The molecular weight excluding hydrogens is 334 g/mol. The van der Waals surface area contributed by atoms with Gasteiger partial charge in [-0.3, -0.25) is 4.79 Å². The van der Waals surface area contributed by atoms with Crippen LogP contribution in [0.25, 0.3) is 0 Å². The Morgan fingerprint density at radius 2 is 1.78 bits per heavy atom. The van der Waals surface area contributed by atoms with Gasteiger partial charge in [-0.15, -0.1) is 0 Å². The highest BCUT2D eigenvalue weighted by Crippen LogP contribution is 2.11. The van der Waals surface area contributed by atoms with Gasteiger partial charge in [0.05, 0.1) is 4.90 Å². The summed E-state index contributed by atoms with van der Waals surface area (Å²) in [5, 5.41) is 10.8. The van der Waals surface area contributed by atoms with E-state index in [2.05, 4.69) is 4.72 Å². The second-order valence-corrected chi connectivity index (χ2v) is 6.28. The number of sulfonamides is 1. The zero-order valence-corrected chi connectivity index (χ0v) is 12.9. The first-order valence-corrected chi connectivity index (χ1v) is 8.07. The lowest BCUT2D eigenvalue weighted by atomic mass is 10.1. The van der Waals surface area contributed by atoms with Crippen molar-refractivity contribution in [1.82, 2.24) is 10.0 Å². The Morgan fingerprint density at radius 1 is 1.22 bits per heavy atom. The smallest absolute Gasteiger partial charge is 0.326 e. The molecule has 0 bridgehead atoms. The molecule has 10 heteroatoms. The van der Waals surface area contributed by atoms with E-state index in [0.29, 0.717) is 0 Å². The molecule has 0 fully saturated rings. The zero-order valence-electron chi connectivity index (χ0n) is 12.1. The molecule has 0 aromatic heterocycles. The fourth-order valence-electron chi connectivity index (χ4n) is 1.70. The quantitative estimate of drug-likeness (QED) is 0.643. The van der Waals surface area contributed by atoms with E-state index in [4.69, 9.17) is 5.11 Å². The van der Waals surface area contributed by atoms with Crippen molar-refractivity contribution in [3.63, 3.8) is 0 Å². The van der Waals surface area contributed by atoms with Gasteiger partial charge in [-0.05, 0) is 24.3 Å². The van der Waals surface area contributed by atoms with E-state index < -0.39 is 40.8 Å². The molecule has 0 radical (unpaired) electrons. The van der Waals surface area contributed by atoms with Gasteiger partial charge in [-0.25, -0.2) is 26.7 Å². The highest BCUT2D eigenvalue weighted by Gasteiger charge is 2.24. The minimum absolute atomic E-state index is 0.0408. The second kappa shape index (κ2) is 7.97. The van der Waals surface area contributed by atoms with Crippen molar-refractivity contribution in [1.29, 1.82) is 0 Å². The molecule has 0 saturated carbocycles. The Bertz CT molecular complexity index is 661. The Labute approximate surface area is 131 Å². The molecule has 0 saturated heterocycles. The van der Waals surface area contributed by atoms with E-state index in [-0.39, 0.29) is 17.0 Å². The average Bonchev–Trinajstić information content (AvgIpc) is 2.46. The minimum Gasteiger partial charge on any atom is -0.480 e. The number of aliphatic carboxylic acids is 1. The van der Waals surface area contributed by atoms with Crippen LogP contribution in [0.5, 0.6) is 0 Å². The number of hydrogen-bond donors (Lipinski definition) is 3. The van der Waals surface area contributed by atoms with Crippen molar-refractivity contribution in [3.8, 4) is 0 Å². The maximum absolute atomic E-state index is 12.3. The predicted molar refractivity (Wildman–Crippen MR) is 76.8 cm³/mol. The van der Waals surface area contributed by atoms with Crippen LogP contribution in [0.2, 0.25) is 0 Å². The van der Waals surface area contributed by atoms with Gasteiger partial charge in [-0.2, -0.15) is 0 Å². The van der Waals surface area contributed by atoms with Gasteiger partial charge in [0.25, 0.3) is 5.91 Å². The van der Waals surface area contributed by atoms with Gasteiger partial charge >= 0.3 is 5.97 Å². The first-order valence-electron chi connectivity index (χ1n) is 6.59. The van der Waals surface area contributed by atoms with Crippen molar-refractivity contribution in [2.45, 2.75) is 30.7 Å². The molecule has 1 amide bonds. The number of amides is 1. The minimum atomic E-state index is -3.68. The van der Waals surface area contributed by atoms with Crippen LogP contribution in [0.3, 0.4) is 0 Å². The van der Waals surface area contributed by atoms with Crippen molar-refractivity contribution in [2.24, 2.45) is 0 Å². The number of benzene rings is 1. The largest absolute Gasteiger partial charge is 0.480 e. The van der Waals surface area contributed by atoms with Gasteiger partial charge in [0.15, 0.2) is 0 Å². The van der Waals surface area contributed by atoms with Crippen molar-refractivity contribution in [2.75, 3.05) is 6.54 Å². The van der Waals surface area contributed by atoms with Crippen molar-refractivity contribution in [3.05, 3.63) is 29.8 Å². The normalized spacial score (nSPS) is 12.9. The molecule has 1 aromatic carbocycles. The third-order valence-electron chi connectivity index (χ3n) is 2.78. The maximum atomic E-state index is 12.3. The molecule has 0 aliphatic rings. The maximum Gasteiger partial charge on any atom is 0.326 e. The van der Waals surface area contributed by atoms with Gasteiger partial charge < -0.3 is 10.4 Å².